The second kappa shape index (κ2) is 3.80. The van der Waals surface area contributed by atoms with E-state index in [0.29, 0.717) is 0 Å². The van der Waals surface area contributed by atoms with Crippen LogP contribution in [0.5, 0.6) is 0 Å². The van der Waals surface area contributed by atoms with Gasteiger partial charge < -0.3 is 4.89 Å². The zero-order chi connectivity index (χ0) is 6.57. The van der Waals surface area contributed by atoms with E-state index >= 15 is 0 Å². The Labute approximate surface area is 47.4 Å². The molecule has 5 nitrogen and oxygen atoms in total. The van der Waals surface area contributed by atoms with Crippen LogP contribution in [-0.2, 0) is 19.4 Å². The Morgan fingerprint density at radius 2 is 2.12 bits per heavy atom. The van der Waals surface area contributed by atoms with Crippen molar-refractivity contribution in [2.24, 2.45) is 0 Å². The molecule has 7 heteroatoms. The van der Waals surface area contributed by atoms with E-state index in [0.717, 1.165) is 0 Å². The van der Waals surface area contributed by atoms with E-state index in [4.69, 9.17) is 4.89 Å². The zero-order valence-corrected chi connectivity index (χ0v) is 5.38. The second-order valence-electron chi connectivity index (χ2n) is 0.740. The molecular formula is CH3O5PS. The SMILES string of the molecule is O=[PH](O)OC=S(=O)=O. The average molecular weight is 158 g/mol. The van der Waals surface area contributed by atoms with Crippen molar-refractivity contribution in [2.45, 2.75) is 0 Å². The molecule has 0 fully saturated rings. The summed E-state index contributed by atoms with van der Waals surface area (Å²) in [6, 6.07) is 0. The van der Waals surface area contributed by atoms with Crippen molar-refractivity contribution in [3.8, 4) is 0 Å². The van der Waals surface area contributed by atoms with E-state index < -0.39 is 18.5 Å². The Kier molecular flexibility index (Phi) is 3.72. The minimum atomic E-state index is -3.13. The van der Waals surface area contributed by atoms with Gasteiger partial charge in [-0.15, -0.1) is 0 Å². The maximum atomic E-state index is 9.56. The lowest BCUT2D eigenvalue weighted by Gasteiger charge is -1.79. The fraction of sp³-hybridized carbons (Fsp3) is 0. The smallest absolute Gasteiger partial charge is 0.321 e. The van der Waals surface area contributed by atoms with Gasteiger partial charge in [-0.25, -0.2) is 0 Å². The van der Waals surface area contributed by atoms with Crippen molar-refractivity contribution in [3.05, 3.63) is 0 Å². The van der Waals surface area contributed by atoms with Gasteiger partial charge in [-0.3, -0.25) is 9.09 Å². The number of rotatable bonds is 2. The van der Waals surface area contributed by atoms with Gasteiger partial charge in [0.2, 0.25) is 10.3 Å². The fourth-order valence-electron chi connectivity index (χ4n) is 0.0804. The molecule has 0 spiro atoms. The lowest BCUT2D eigenvalue weighted by Crippen LogP contribution is -1.73. The van der Waals surface area contributed by atoms with Crippen LogP contribution in [0.15, 0.2) is 0 Å². The van der Waals surface area contributed by atoms with Gasteiger partial charge in [0.25, 0.3) is 0 Å². The molecule has 1 unspecified atom stereocenters. The normalized spacial score (nSPS) is 12.6. The Morgan fingerprint density at radius 1 is 1.62 bits per heavy atom. The molecule has 0 aliphatic carbocycles. The maximum absolute atomic E-state index is 9.56. The molecule has 0 rings (SSSR count). The van der Waals surface area contributed by atoms with Crippen molar-refractivity contribution < 1.29 is 22.4 Å². The van der Waals surface area contributed by atoms with Gasteiger partial charge in [-0.2, -0.15) is 8.42 Å². The molecule has 0 saturated carbocycles. The predicted octanol–water partition coefficient (Wildman–Crippen LogP) is -0.976. The van der Waals surface area contributed by atoms with Crippen molar-refractivity contribution in [1.82, 2.24) is 0 Å². The van der Waals surface area contributed by atoms with Gasteiger partial charge >= 0.3 is 8.25 Å². The first-order valence-corrected chi connectivity index (χ1v) is 3.84. The molecule has 0 aliphatic heterocycles. The third-order valence-corrected chi connectivity index (χ3v) is 0.971. The third-order valence-electron chi connectivity index (χ3n) is 0.227. The van der Waals surface area contributed by atoms with E-state index in [1.165, 1.54) is 0 Å². The minimum absolute atomic E-state index is 0.265. The highest BCUT2D eigenvalue weighted by Gasteiger charge is 1.83. The van der Waals surface area contributed by atoms with Gasteiger partial charge in [0.05, 0.1) is 0 Å². The second-order valence-corrected chi connectivity index (χ2v) is 2.22. The molecule has 0 bridgehead atoms. The van der Waals surface area contributed by atoms with Crippen LogP contribution in [0.2, 0.25) is 0 Å². The average Bonchev–Trinajstić information content (AvgIpc) is 1.61. The number of hydrogen-bond acceptors (Lipinski definition) is 4. The fourth-order valence-corrected chi connectivity index (χ4v) is 0.724. The van der Waals surface area contributed by atoms with Crippen molar-refractivity contribution >= 4 is 24.1 Å². The first-order chi connectivity index (χ1) is 3.63. The van der Waals surface area contributed by atoms with E-state index in [2.05, 4.69) is 4.52 Å². The molecule has 0 amide bonds. The molecule has 8 heavy (non-hydrogen) atoms. The van der Waals surface area contributed by atoms with Crippen LogP contribution >= 0.6 is 8.25 Å². The largest absolute Gasteiger partial charge is 0.326 e. The molecule has 1 N–H and O–H groups in total. The van der Waals surface area contributed by atoms with E-state index in [1.54, 1.807) is 0 Å². The van der Waals surface area contributed by atoms with Gasteiger partial charge in [0.15, 0.2) is 5.55 Å². The molecule has 1 atom stereocenters. The van der Waals surface area contributed by atoms with E-state index in [-0.39, 0.29) is 5.55 Å². The summed E-state index contributed by atoms with van der Waals surface area (Å²) in [5, 5.41) is 0. The maximum Gasteiger partial charge on any atom is 0.321 e. The molecule has 48 valence electrons. The summed E-state index contributed by atoms with van der Waals surface area (Å²) in [7, 11) is -5.65. The monoisotopic (exact) mass is 158 g/mol. The molecule has 0 aromatic rings. The molecular weight excluding hydrogens is 155 g/mol. The minimum Gasteiger partial charge on any atom is -0.326 e. The van der Waals surface area contributed by atoms with Crippen LogP contribution < -0.4 is 0 Å². The molecule has 0 saturated heterocycles. The van der Waals surface area contributed by atoms with Crippen LogP contribution in [0.25, 0.3) is 0 Å². The van der Waals surface area contributed by atoms with Gasteiger partial charge in [-0.05, 0) is 0 Å². The summed E-state index contributed by atoms with van der Waals surface area (Å²) in [5.74, 6) is 0. The van der Waals surface area contributed by atoms with E-state index in [1.807, 2.05) is 0 Å². The Hall–Kier alpha value is -0.160. The number of hydrogen-bond donors (Lipinski definition) is 1. The van der Waals surface area contributed by atoms with Crippen molar-refractivity contribution in [3.63, 3.8) is 0 Å². The van der Waals surface area contributed by atoms with Crippen LogP contribution in [0.3, 0.4) is 0 Å². The highest BCUT2D eigenvalue weighted by atomic mass is 32.2. The highest BCUT2D eigenvalue weighted by molar-refractivity contribution is 7.71. The topological polar surface area (TPSA) is 80.7 Å². The summed E-state index contributed by atoms with van der Waals surface area (Å²) in [5.41, 5.74) is 0.265. The summed E-state index contributed by atoms with van der Waals surface area (Å²) in [6.45, 7) is 0. The molecule has 0 aliphatic rings. The van der Waals surface area contributed by atoms with Crippen LogP contribution in [0.1, 0.15) is 0 Å². The van der Waals surface area contributed by atoms with Crippen LogP contribution in [0.4, 0.5) is 0 Å². The first kappa shape index (κ1) is 7.84. The molecule has 0 aromatic heterocycles. The highest BCUT2D eigenvalue weighted by Crippen LogP contribution is 2.10. The van der Waals surface area contributed by atoms with Gasteiger partial charge in [0, 0.05) is 0 Å². The first-order valence-electron chi connectivity index (χ1n) is 1.44. The Balaban J connectivity index is 3.81. The lowest BCUT2D eigenvalue weighted by atomic mass is 11.7. The van der Waals surface area contributed by atoms with Gasteiger partial charge in [0.1, 0.15) is 0 Å². The third kappa shape index (κ3) is 5.84. The van der Waals surface area contributed by atoms with Crippen molar-refractivity contribution in [2.75, 3.05) is 0 Å². The standard InChI is InChI=1S/CH3O5PS/c2-7(3)6-1-8(4)5/h1,7H,(H,2,3). The molecule has 0 aromatic carbocycles. The summed E-state index contributed by atoms with van der Waals surface area (Å²) < 4.78 is 32.2. The van der Waals surface area contributed by atoms with Gasteiger partial charge in [-0.1, -0.05) is 0 Å². The summed E-state index contributed by atoms with van der Waals surface area (Å²) in [4.78, 5) is 7.82. The Bertz CT molecular complexity index is 192. The van der Waals surface area contributed by atoms with Crippen LogP contribution in [0, 0.1) is 0 Å². The zero-order valence-electron chi connectivity index (χ0n) is 3.57. The summed E-state index contributed by atoms with van der Waals surface area (Å²) >= 11 is 0. The van der Waals surface area contributed by atoms with Crippen molar-refractivity contribution in [1.29, 1.82) is 0 Å². The lowest BCUT2D eigenvalue weighted by molar-refractivity contribution is 0.415. The Morgan fingerprint density at radius 3 is 2.25 bits per heavy atom. The van der Waals surface area contributed by atoms with Crippen LogP contribution in [-0.4, -0.2) is 18.9 Å². The molecule has 0 radical (unpaired) electrons. The molecule has 0 heterocycles. The summed E-state index contributed by atoms with van der Waals surface area (Å²) in [6.07, 6.45) is 0. The van der Waals surface area contributed by atoms with E-state index in [9.17, 15) is 13.0 Å². The predicted molar refractivity (Wildman–Crippen MR) is 27.3 cm³/mol. The quantitative estimate of drug-likeness (QED) is 0.412.